The zero-order chi connectivity index (χ0) is 12.0. The minimum absolute atomic E-state index is 0.437. The molecule has 0 radical (unpaired) electrons. The van der Waals surface area contributed by atoms with Crippen molar-refractivity contribution in [2.75, 3.05) is 20.0 Å². The number of allylic oxidation sites excluding steroid dienone is 1. The SMILES string of the molecule is CC(C)=C1N(C)CN(S(C)(=O)=O)C1(C)C. The first kappa shape index (κ1) is 12.5. The van der Waals surface area contributed by atoms with Crippen LogP contribution in [0.15, 0.2) is 11.3 Å². The van der Waals surface area contributed by atoms with Gasteiger partial charge in [0.05, 0.1) is 18.5 Å². The lowest BCUT2D eigenvalue weighted by atomic mass is 9.98. The molecule has 1 saturated heterocycles. The molecule has 4 nitrogen and oxygen atoms in total. The Bertz CT molecular complexity index is 392. The van der Waals surface area contributed by atoms with Gasteiger partial charge in [-0.1, -0.05) is 5.57 Å². The van der Waals surface area contributed by atoms with Gasteiger partial charge in [-0.2, -0.15) is 4.31 Å². The van der Waals surface area contributed by atoms with E-state index in [2.05, 4.69) is 0 Å². The fourth-order valence-electron chi connectivity index (χ4n) is 2.54. The molecule has 88 valence electrons. The van der Waals surface area contributed by atoms with Crippen molar-refractivity contribution < 1.29 is 8.42 Å². The van der Waals surface area contributed by atoms with E-state index in [9.17, 15) is 8.42 Å². The van der Waals surface area contributed by atoms with Crippen molar-refractivity contribution in [3.63, 3.8) is 0 Å². The van der Waals surface area contributed by atoms with E-state index in [-0.39, 0.29) is 0 Å². The van der Waals surface area contributed by atoms with E-state index in [1.807, 2.05) is 39.6 Å². The van der Waals surface area contributed by atoms with Crippen molar-refractivity contribution in [2.45, 2.75) is 33.2 Å². The van der Waals surface area contributed by atoms with Gasteiger partial charge in [0.1, 0.15) is 0 Å². The maximum atomic E-state index is 11.6. The van der Waals surface area contributed by atoms with Crippen LogP contribution in [0.1, 0.15) is 27.7 Å². The minimum Gasteiger partial charge on any atom is -0.362 e. The van der Waals surface area contributed by atoms with Crippen molar-refractivity contribution in [1.29, 1.82) is 0 Å². The number of sulfonamides is 1. The monoisotopic (exact) mass is 232 g/mol. The van der Waals surface area contributed by atoms with E-state index >= 15 is 0 Å². The van der Waals surface area contributed by atoms with Crippen molar-refractivity contribution >= 4 is 10.0 Å². The van der Waals surface area contributed by atoms with Crippen LogP contribution < -0.4 is 0 Å². The molecule has 0 spiro atoms. The Morgan fingerprint density at radius 3 is 2.00 bits per heavy atom. The van der Waals surface area contributed by atoms with E-state index in [0.717, 1.165) is 11.3 Å². The van der Waals surface area contributed by atoms with Crippen LogP contribution in [-0.4, -0.2) is 43.1 Å². The molecule has 0 bridgehead atoms. The average Bonchev–Trinajstić information content (AvgIpc) is 2.19. The predicted molar refractivity (Wildman–Crippen MR) is 61.8 cm³/mol. The molecule has 1 aliphatic rings. The summed E-state index contributed by atoms with van der Waals surface area (Å²) in [7, 11) is -1.23. The summed E-state index contributed by atoms with van der Waals surface area (Å²) < 4.78 is 24.8. The predicted octanol–water partition coefficient (Wildman–Crippen LogP) is 1.22. The molecule has 0 saturated carbocycles. The van der Waals surface area contributed by atoms with E-state index in [1.54, 1.807) is 0 Å². The highest BCUT2D eigenvalue weighted by atomic mass is 32.2. The fourth-order valence-corrected chi connectivity index (χ4v) is 3.84. The number of likely N-dealkylation sites (N-methyl/N-ethyl adjacent to an activating group) is 1. The standard InChI is InChI=1S/C10H20N2O2S/c1-8(2)9-10(3,4)12(7-11(9)5)15(6,13)14/h7H2,1-6H3. The molecule has 0 amide bonds. The molecule has 15 heavy (non-hydrogen) atoms. The largest absolute Gasteiger partial charge is 0.362 e. The molecule has 1 rings (SSSR count). The van der Waals surface area contributed by atoms with E-state index in [4.69, 9.17) is 0 Å². The molecule has 0 aromatic carbocycles. The van der Waals surface area contributed by atoms with Gasteiger partial charge in [0.15, 0.2) is 0 Å². The minimum atomic E-state index is -3.15. The van der Waals surface area contributed by atoms with Crippen LogP contribution in [0.2, 0.25) is 0 Å². The highest BCUT2D eigenvalue weighted by molar-refractivity contribution is 7.88. The second kappa shape index (κ2) is 3.49. The molecule has 0 aliphatic carbocycles. The Balaban J connectivity index is 3.29. The summed E-state index contributed by atoms with van der Waals surface area (Å²) in [5.41, 5.74) is 1.81. The topological polar surface area (TPSA) is 40.6 Å². The van der Waals surface area contributed by atoms with Crippen LogP contribution >= 0.6 is 0 Å². The number of hydrogen-bond acceptors (Lipinski definition) is 3. The molecule has 0 unspecified atom stereocenters. The van der Waals surface area contributed by atoms with Crippen LogP contribution in [0.4, 0.5) is 0 Å². The summed E-state index contributed by atoms with van der Waals surface area (Å²) in [6, 6.07) is 0. The lowest BCUT2D eigenvalue weighted by molar-refractivity contribution is 0.308. The molecular weight excluding hydrogens is 212 g/mol. The van der Waals surface area contributed by atoms with Crippen molar-refractivity contribution in [2.24, 2.45) is 0 Å². The second-order valence-electron chi connectivity index (χ2n) is 4.86. The van der Waals surface area contributed by atoms with Gasteiger partial charge in [-0.05, 0) is 27.7 Å². The zero-order valence-electron chi connectivity index (χ0n) is 10.3. The third-order valence-corrected chi connectivity index (χ3v) is 4.17. The lowest BCUT2D eigenvalue weighted by Crippen LogP contribution is -2.43. The van der Waals surface area contributed by atoms with Gasteiger partial charge >= 0.3 is 0 Å². The summed E-state index contributed by atoms with van der Waals surface area (Å²) in [5, 5.41) is 0. The number of rotatable bonds is 1. The maximum absolute atomic E-state index is 11.6. The molecule has 1 aliphatic heterocycles. The van der Waals surface area contributed by atoms with Gasteiger partial charge < -0.3 is 4.90 Å². The van der Waals surface area contributed by atoms with Crippen LogP contribution in [0.3, 0.4) is 0 Å². The maximum Gasteiger partial charge on any atom is 0.213 e. The molecule has 5 heteroatoms. The third-order valence-electron chi connectivity index (χ3n) is 2.80. The van der Waals surface area contributed by atoms with Gasteiger partial charge in [0.25, 0.3) is 0 Å². The quantitative estimate of drug-likeness (QED) is 0.682. The first-order valence-electron chi connectivity index (χ1n) is 4.95. The van der Waals surface area contributed by atoms with Crippen molar-refractivity contribution in [1.82, 2.24) is 9.21 Å². The number of hydrogen-bond donors (Lipinski definition) is 0. The third kappa shape index (κ3) is 2.03. The summed E-state index contributed by atoms with van der Waals surface area (Å²) in [5.74, 6) is 0. The first-order valence-corrected chi connectivity index (χ1v) is 6.80. The molecule has 0 aromatic heterocycles. The molecule has 0 atom stereocenters. The highest BCUT2D eigenvalue weighted by Crippen LogP contribution is 2.36. The smallest absolute Gasteiger partial charge is 0.213 e. The van der Waals surface area contributed by atoms with Gasteiger partial charge in [0, 0.05) is 12.7 Å². The Hall–Kier alpha value is -0.550. The second-order valence-corrected chi connectivity index (χ2v) is 6.77. The van der Waals surface area contributed by atoms with Gasteiger partial charge in [-0.15, -0.1) is 0 Å². The van der Waals surface area contributed by atoms with Gasteiger partial charge in [-0.3, -0.25) is 0 Å². The first-order chi connectivity index (χ1) is 6.58. The van der Waals surface area contributed by atoms with Gasteiger partial charge in [-0.25, -0.2) is 8.42 Å². The van der Waals surface area contributed by atoms with Crippen LogP contribution in [0, 0.1) is 0 Å². The zero-order valence-corrected chi connectivity index (χ0v) is 11.1. The highest BCUT2D eigenvalue weighted by Gasteiger charge is 2.45. The lowest BCUT2D eigenvalue weighted by Gasteiger charge is -2.29. The van der Waals surface area contributed by atoms with Crippen LogP contribution in [-0.2, 0) is 10.0 Å². The molecular formula is C10H20N2O2S. The molecule has 1 fully saturated rings. The molecule has 0 N–H and O–H groups in total. The fraction of sp³-hybridized carbons (Fsp3) is 0.800. The van der Waals surface area contributed by atoms with Crippen LogP contribution in [0.25, 0.3) is 0 Å². The van der Waals surface area contributed by atoms with E-state index < -0.39 is 15.6 Å². The van der Waals surface area contributed by atoms with E-state index in [0.29, 0.717) is 6.67 Å². The van der Waals surface area contributed by atoms with E-state index in [1.165, 1.54) is 10.6 Å². The molecule has 1 heterocycles. The van der Waals surface area contributed by atoms with Crippen molar-refractivity contribution in [3.05, 3.63) is 11.3 Å². The van der Waals surface area contributed by atoms with Crippen molar-refractivity contribution in [3.8, 4) is 0 Å². The molecule has 0 aromatic rings. The van der Waals surface area contributed by atoms with Gasteiger partial charge in [0.2, 0.25) is 10.0 Å². The Kier molecular flexibility index (Phi) is 2.91. The Morgan fingerprint density at radius 1 is 1.33 bits per heavy atom. The van der Waals surface area contributed by atoms with Crippen LogP contribution in [0.5, 0.6) is 0 Å². The Morgan fingerprint density at radius 2 is 1.80 bits per heavy atom. The Labute approximate surface area is 92.6 Å². The summed E-state index contributed by atoms with van der Waals surface area (Å²) >= 11 is 0. The normalized spacial score (nSPS) is 22.3. The summed E-state index contributed by atoms with van der Waals surface area (Å²) in [4.78, 5) is 2.00. The summed E-state index contributed by atoms with van der Waals surface area (Å²) in [6.07, 6.45) is 1.26. The number of nitrogens with zero attached hydrogens (tertiary/aromatic N) is 2. The summed E-state index contributed by atoms with van der Waals surface area (Å²) in [6.45, 7) is 8.35. The average molecular weight is 232 g/mol.